The molecular formula is C27H31FN6O5. The van der Waals surface area contributed by atoms with E-state index in [-0.39, 0.29) is 35.3 Å². The van der Waals surface area contributed by atoms with Crippen molar-refractivity contribution in [1.82, 2.24) is 24.9 Å². The molecule has 3 unspecified atom stereocenters. The molecule has 206 valence electrons. The van der Waals surface area contributed by atoms with Gasteiger partial charge in [-0.3, -0.25) is 0 Å². The Morgan fingerprint density at radius 1 is 1.23 bits per heavy atom. The number of rotatable bonds is 6. The average Bonchev–Trinajstić information content (AvgIpc) is 3.18. The molecule has 11 nitrogen and oxygen atoms in total. The summed E-state index contributed by atoms with van der Waals surface area (Å²) in [5.41, 5.74) is 0.266. The van der Waals surface area contributed by atoms with Gasteiger partial charge in [-0.25, -0.2) is 28.5 Å². The summed E-state index contributed by atoms with van der Waals surface area (Å²) in [5.74, 6) is 0.0371. The van der Waals surface area contributed by atoms with Gasteiger partial charge in [-0.1, -0.05) is 0 Å². The van der Waals surface area contributed by atoms with E-state index in [4.69, 9.17) is 9.47 Å². The van der Waals surface area contributed by atoms with E-state index in [1.54, 1.807) is 12.3 Å². The van der Waals surface area contributed by atoms with Gasteiger partial charge in [0.05, 0.1) is 24.5 Å². The van der Waals surface area contributed by atoms with Crippen LogP contribution >= 0.6 is 0 Å². The highest BCUT2D eigenvalue weighted by Gasteiger charge is 2.54. The van der Waals surface area contributed by atoms with Gasteiger partial charge in [0, 0.05) is 18.3 Å². The summed E-state index contributed by atoms with van der Waals surface area (Å²) < 4.78 is 27.8. The van der Waals surface area contributed by atoms with E-state index < -0.39 is 23.5 Å². The largest absolute Gasteiger partial charge is 0.477 e. The zero-order chi connectivity index (χ0) is 27.5. The average molecular weight is 539 g/mol. The van der Waals surface area contributed by atoms with Crippen LogP contribution in [-0.2, 0) is 4.74 Å². The predicted molar refractivity (Wildman–Crippen MR) is 137 cm³/mol. The first kappa shape index (κ1) is 25.3. The molecule has 4 heterocycles. The number of hydrogen-bond donors (Lipinski definition) is 2. The van der Waals surface area contributed by atoms with Gasteiger partial charge >= 0.3 is 12.1 Å². The molecule has 2 aliphatic carbocycles. The maximum absolute atomic E-state index is 14.6. The van der Waals surface area contributed by atoms with Crippen LogP contribution in [0.4, 0.5) is 15.0 Å². The number of carbonyl (C=O) groups excluding carboxylic acids is 1. The van der Waals surface area contributed by atoms with Crippen LogP contribution in [0.3, 0.4) is 0 Å². The standard InChI is InChI=1S/C27H31FN6O5/c1-27(2,3)39-26(37)31-19-5-4-6-20(19)38-24-17(10-15(28)11-29-24)22-16-9-14(16)13-33(22)21-7-8-34-23(32-21)18(12-30-34)25(35)36/h7-8,10-12,14,16,19-20,22H,4-6,9,13H2,1-3H3,(H,31,37)(H,35,36)/t14?,16?,19-,20-,22?/m1/s1. The zero-order valence-corrected chi connectivity index (χ0v) is 22.0. The lowest BCUT2D eigenvalue weighted by atomic mass is 10.0. The molecule has 1 amide bonds. The maximum atomic E-state index is 14.6. The van der Waals surface area contributed by atoms with E-state index in [9.17, 15) is 19.1 Å². The monoisotopic (exact) mass is 538 g/mol. The molecule has 6 rings (SSSR count). The lowest BCUT2D eigenvalue weighted by Crippen LogP contribution is -2.44. The lowest BCUT2D eigenvalue weighted by Gasteiger charge is -2.31. The second-order valence-corrected chi connectivity index (χ2v) is 11.6. The summed E-state index contributed by atoms with van der Waals surface area (Å²) in [5, 5.41) is 16.5. The summed E-state index contributed by atoms with van der Waals surface area (Å²) in [6.07, 6.45) is 6.58. The Labute approximate surface area is 224 Å². The smallest absolute Gasteiger partial charge is 0.408 e. The molecular weight excluding hydrogens is 507 g/mol. The maximum Gasteiger partial charge on any atom is 0.408 e. The number of halogens is 1. The van der Waals surface area contributed by atoms with Crippen LogP contribution in [0, 0.1) is 17.7 Å². The molecule has 2 N–H and O–H groups in total. The topological polar surface area (TPSA) is 131 Å². The minimum atomic E-state index is -1.11. The minimum Gasteiger partial charge on any atom is -0.477 e. The van der Waals surface area contributed by atoms with Crippen molar-refractivity contribution in [2.24, 2.45) is 11.8 Å². The molecule has 3 aromatic rings. The molecule has 0 spiro atoms. The van der Waals surface area contributed by atoms with Gasteiger partial charge in [0.2, 0.25) is 5.88 Å². The Morgan fingerprint density at radius 2 is 2.05 bits per heavy atom. The van der Waals surface area contributed by atoms with Crippen LogP contribution < -0.4 is 15.0 Å². The van der Waals surface area contributed by atoms with E-state index >= 15 is 0 Å². The normalized spacial score (nSPS) is 25.9. The fourth-order valence-electron chi connectivity index (χ4n) is 5.86. The third kappa shape index (κ3) is 4.95. The van der Waals surface area contributed by atoms with Gasteiger partial charge in [0.15, 0.2) is 5.65 Å². The number of hydrogen-bond acceptors (Lipinski definition) is 8. The first-order valence-corrected chi connectivity index (χ1v) is 13.2. The van der Waals surface area contributed by atoms with Crippen molar-refractivity contribution in [1.29, 1.82) is 0 Å². The number of carbonyl (C=O) groups is 2. The fourth-order valence-corrected chi connectivity index (χ4v) is 5.86. The number of aromatic carboxylic acids is 1. The van der Waals surface area contributed by atoms with Crippen molar-refractivity contribution < 1.29 is 28.6 Å². The second-order valence-electron chi connectivity index (χ2n) is 11.6. The van der Waals surface area contributed by atoms with Gasteiger partial charge < -0.3 is 24.8 Å². The molecule has 3 aliphatic rings. The second kappa shape index (κ2) is 9.35. The summed E-state index contributed by atoms with van der Waals surface area (Å²) in [6.45, 7) is 6.14. The third-order valence-corrected chi connectivity index (χ3v) is 7.61. The van der Waals surface area contributed by atoms with Crippen molar-refractivity contribution >= 4 is 23.5 Å². The highest BCUT2D eigenvalue weighted by molar-refractivity contribution is 5.94. The Morgan fingerprint density at radius 3 is 2.82 bits per heavy atom. The van der Waals surface area contributed by atoms with Crippen LogP contribution in [-0.4, -0.2) is 61.0 Å². The van der Waals surface area contributed by atoms with Gasteiger partial charge in [-0.05, 0) is 70.4 Å². The number of nitrogens with one attached hydrogen (secondary N) is 1. The van der Waals surface area contributed by atoms with E-state index in [1.165, 1.54) is 16.8 Å². The van der Waals surface area contributed by atoms with Crippen LogP contribution in [0.2, 0.25) is 0 Å². The highest BCUT2D eigenvalue weighted by atomic mass is 19.1. The number of amides is 1. The SMILES string of the molecule is CC(C)(C)OC(=O)N[C@@H]1CCC[C@H]1Oc1ncc(F)cc1C1C2CC2CN1c1ccn2ncc(C(=O)O)c2n1. The number of pyridine rings is 1. The summed E-state index contributed by atoms with van der Waals surface area (Å²) in [6, 6.07) is 2.76. The minimum absolute atomic E-state index is 0.0129. The molecule has 1 aliphatic heterocycles. The van der Waals surface area contributed by atoms with Crippen LogP contribution in [0.1, 0.15) is 68.4 Å². The molecule has 12 heteroatoms. The van der Waals surface area contributed by atoms with E-state index in [0.717, 1.165) is 31.9 Å². The number of nitrogens with zero attached hydrogens (tertiary/aromatic N) is 5. The quantitative estimate of drug-likeness (QED) is 0.478. The van der Waals surface area contributed by atoms with Crippen molar-refractivity contribution in [3.63, 3.8) is 0 Å². The van der Waals surface area contributed by atoms with Crippen LogP contribution in [0.25, 0.3) is 5.65 Å². The zero-order valence-electron chi connectivity index (χ0n) is 22.0. The molecule has 3 aromatic heterocycles. The van der Waals surface area contributed by atoms with Crippen molar-refractivity contribution in [2.75, 3.05) is 11.4 Å². The van der Waals surface area contributed by atoms with Crippen LogP contribution in [0.15, 0.2) is 30.7 Å². The van der Waals surface area contributed by atoms with Crippen LogP contribution in [0.5, 0.6) is 5.88 Å². The number of carboxylic acid groups (broad SMARTS) is 1. The lowest BCUT2D eigenvalue weighted by molar-refractivity contribution is 0.0461. The van der Waals surface area contributed by atoms with Gasteiger partial charge in [0.1, 0.15) is 28.9 Å². The molecule has 0 bridgehead atoms. The fraction of sp³-hybridized carbons (Fsp3) is 0.519. The van der Waals surface area contributed by atoms with Gasteiger partial charge in [-0.2, -0.15) is 5.10 Å². The summed E-state index contributed by atoms with van der Waals surface area (Å²) in [7, 11) is 0. The molecule has 39 heavy (non-hydrogen) atoms. The first-order chi connectivity index (χ1) is 18.6. The first-order valence-electron chi connectivity index (χ1n) is 13.2. The van der Waals surface area contributed by atoms with Crippen molar-refractivity contribution in [3.8, 4) is 5.88 Å². The number of ether oxygens (including phenoxy) is 2. The number of anilines is 1. The van der Waals surface area contributed by atoms with Crippen molar-refractivity contribution in [3.05, 3.63) is 47.7 Å². The van der Waals surface area contributed by atoms with Gasteiger partial charge in [0.25, 0.3) is 0 Å². The van der Waals surface area contributed by atoms with Gasteiger partial charge in [-0.15, -0.1) is 0 Å². The summed E-state index contributed by atoms with van der Waals surface area (Å²) >= 11 is 0. The van der Waals surface area contributed by atoms with Crippen molar-refractivity contribution in [2.45, 2.75) is 70.2 Å². The number of fused-ring (bicyclic) bond motifs is 2. The molecule has 0 radical (unpaired) electrons. The Kier molecular flexibility index (Phi) is 6.07. The predicted octanol–water partition coefficient (Wildman–Crippen LogP) is 3.98. The van der Waals surface area contributed by atoms with E-state index in [1.807, 2.05) is 20.8 Å². The number of piperidine rings is 1. The molecule has 5 atom stereocenters. The third-order valence-electron chi connectivity index (χ3n) is 7.61. The Bertz CT molecular complexity index is 1440. The molecule has 0 aromatic carbocycles. The highest BCUT2D eigenvalue weighted by Crippen LogP contribution is 2.58. The number of aromatic nitrogens is 4. The summed E-state index contributed by atoms with van der Waals surface area (Å²) in [4.78, 5) is 35.1. The van der Waals surface area contributed by atoms with E-state index in [0.29, 0.717) is 29.7 Å². The molecule has 2 saturated carbocycles. The number of alkyl carbamates (subject to hydrolysis) is 1. The molecule has 1 saturated heterocycles. The Balaban J connectivity index is 1.28. The Hall–Kier alpha value is -3.96. The van der Waals surface area contributed by atoms with E-state index in [2.05, 4.69) is 25.3 Å². The number of carboxylic acids is 1. The molecule has 3 fully saturated rings.